The van der Waals surface area contributed by atoms with Crippen LogP contribution in [0.4, 0.5) is 96.6 Å². The summed E-state index contributed by atoms with van der Waals surface area (Å²) >= 11 is 0. The van der Waals surface area contributed by atoms with Crippen LogP contribution in [0.1, 0.15) is 12.8 Å². The van der Waals surface area contributed by atoms with Crippen molar-refractivity contribution in [2.24, 2.45) is 0 Å². The molecule has 0 amide bonds. The van der Waals surface area contributed by atoms with E-state index in [2.05, 4.69) is 0 Å². The predicted octanol–water partition coefficient (Wildman–Crippen LogP) is 7.97. The van der Waals surface area contributed by atoms with Gasteiger partial charge in [0.25, 0.3) is 0 Å². The van der Waals surface area contributed by atoms with Gasteiger partial charge >= 0.3 is 59.7 Å². The Morgan fingerprint density at radius 2 is 0.412 bits per heavy atom. The maximum atomic E-state index is 13.2. The molecule has 0 saturated heterocycles. The summed E-state index contributed by atoms with van der Waals surface area (Å²) in [7, 11) is 0. The van der Waals surface area contributed by atoms with Crippen molar-refractivity contribution in [2.75, 3.05) is 0 Å². The van der Waals surface area contributed by atoms with Crippen molar-refractivity contribution in [1.82, 2.24) is 0 Å². The number of hydrogen-bond donors (Lipinski definition) is 0. The summed E-state index contributed by atoms with van der Waals surface area (Å²) in [4.78, 5) is 0. The van der Waals surface area contributed by atoms with Crippen LogP contribution in [0.25, 0.3) is 0 Å². The van der Waals surface area contributed by atoms with Gasteiger partial charge in [-0.25, -0.2) is 0 Å². The fourth-order valence-corrected chi connectivity index (χ4v) is 1.84. The van der Waals surface area contributed by atoms with Gasteiger partial charge in [-0.1, -0.05) is 0 Å². The van der Waals surface area contributed by atoms with Crippen molar-refractivity contribution in [3.8, 4) is 0 Å². The van der Waals surface area contributed by atoms with Crippen LogP contribution < -0.4 is 0 Å². The monoisotopic (exact) mass is 566 g/mol. The van der Waals surface area contributed by atoms with Gasteiger partial charge in [0.1, 0.15) is 0 Å². The lowest BCUT2D eigenvalue weighted by atomic mass is 9.90. The molecule has 0 N–H and O–H groups in total. The van der Waals surface area contributed by atoms with E-state index >= 15 is 0 Å². The van der Waals surface area contributed by atoms with Crippen LogP contribution in [-0.4, -0.2) is 59.7 Å². The summed E-state index contributed by atoms with van der Waals surface area (Å²) in [6.07, 6.45) is -23.6. The van der Waals surface area contributed by atoms with Gasteiger partial charge in [0.2, 0.25) is 0 Å². The van der Waals surface area contributed by atoms with Crippen molar-refractivity contribution in [2.45, 2.75) is 72.6 Å². The second kappa shape index (κ2) is 7.99. The highest BCUT2D eigenvalue weighted by atomic mass is 19.4. The molecule has 0 saturated carbocycles. The fourth-order valence-electron chi connectivity index (χ4n) is 1.84. The van der Waals surface area contributed by atoms with Crippen molar-refractivity contribution >= 4 is 0 Å². The Balaban J connectivity index is 6.24. The molecule has 0 unspecified atom stereocenters. The van der Waals surface area contributed by atoms with Gasteiger partial charge in [-0.3, -0.25) is 0 Å². The molecular weight excluding hydrogens is 562 g/mol. The first-order chi connectivity index (χ1) is 14.2. The lowest BCUT2D eigenvalue weighted by Gasteiger charge is -2.39. The minimum absolute atomic E-state index is 4.11. The van der Waals surface area contributed by atoms with Crippen LogP contribution >= 0.6 is 0 Å². The SMILES string of the molecule is FC(F)(F)C(F)(F)C(F)(F)C(F)(F)C(F)(F)CCC(F)(F)C(F)(F)C(F)(F)C(F)(F)C(F)(F)F. The zero-order valence-corrected chi connectivity index (χ0v) is 14.7. The summed E-state index contributed by atoms with van der Waals surface area (Å²) in [5.41, 5.74) is 0. The molecule has 206 valence electrons. The van der Waals surface area contributed by atoms with E-state index < -0.39 is 72.6 Å². The van der Waals surface area contributed by atoms with Gasteiger partial charge in [0.05, 0.1) is 0 Å². The van der Waals surface area contributed by atoms with Crippen LogP contribution in [0.15, 0.2) is 0 Å². The molecule has 0 bridgehead atoms. The smallest absolute Gasteiger partial charge is 0.200 e. The molecule has 0 aromatic heterocycles. The normalized spacial score (nSPS) is 16.8. The van der Waals surface area contributed by atoms with E-state index in [1.165, 1.54) is 0 Å². The average molecular weight is 566 g/mol. The molecule has 0 atom stereocenters. The Bertz CT molecular complexity index is 657. The minimum Gasteiger partial charge on any atom is -0.200 e. The highest BCUT2D eigenvalue weighted by molar-refractivity contribution is 5.09. The van der Waals surface area contributed by atoms with Gasteiger partial charge in [-0.15, -0.1) is 0 Å². The Hall–Kier alpha value is -1.54. The molecule has 0 fully saturated rings. The largest absolute Gasteiger partial charge is 0.460 e. The number of halogens is 22. The topological polar surface area (TPSA) is 0 Å². The van der Waals surface area contributed by atoms with Crippen LogP contribution in [0, 0.1) is 0 Å². The quantitative estimate of drug-likeness (QED) is 0.249. The molecule has 0 rings (SSSR count). The Morgan fingerprint density at radius 1 is 0.235 bits per heavy atom. The van der Waals surface area contributed by atoms with Gasteiger partial charge < -0.3 is 0 Å². The van der Waals surface area contributed by atoms with E-state index in [0.29, 0.717) is 0 Å². The molecule has 22 heteroatoms. The molecule has 0 aliphatic heterocycles. The van der Waals surface area contributed by atoms with Crippen molar-refractivity contribution < 1.29 is 96.6 Å². The van der Waals surface area contributed by atoms with Gasteiger partial charge in [-0.2, -0.15) is 96.6 Å². The highest BCUT2D eigenvalue weighted by Gasteiger charge is 2.89. The van der Waals surface area contributed by atoms with E-state index in [1.807, 2.05) is 0 Å². The summed E-state index contributed by atoms with van der Waals surface area (Å²) in [5, 5.41) is 0. The van der Waals surface area contributed by atoms with Gasteiger partial charge in [0, 0.05) is 12.8 Å². The molecule has 0 spiro atoms. The molecule has 0 heterocycles. The highest BCUT2D eigenvalue weighted by Crippen LogP contribution is 2.61. The zero-order chi connectivity index (χ0) is 28.4. The Labute approximate surface area is 170 Å². The van der Waals surface area contributed by atoms with Crippen LogP contribution in [0.5, 0.6) is 0 Å². The van der Waals surface area contributed by atoms with Crippen LogP contribution in [-0.2, 0) is 0 Å². The lowest BCUT2D eigenvalue weighted by molar-refractivity contribution is -0.429. The summed E-state index contributed by atoms with van der Waals surface area (Å²) in [5.74, 6) is -63.2. The third-order valence-electron chi connectivity index (χ3n) is 3.96. The molecule has 0 aliphatic rings. The fraction of sp³-hybridized carbons (Fsp3) is 1.00. The van der Waals surface area contributed by atoms with Crippen LogP contribution in [0.3, 0.4) is 0 Å². The van der Waals surface area contributed by atoms with Crippen molar-refractivity contribution in [1.29, 1.82) is 0 Å². The molecule has 0 radical (unpaired) electrons. The van der Waals surface area contributed by atoms with Crippen molar-refractivity contribution in [3.05, 3.63) is 0 Å². The second-order valence-corrected chi connectivity index (χ2v) is 6.35. The Morgan fingerprint density at radius 3 is 0.559 bits per heavy atom. The Kier molecular flexibility index (Phi) is 7.62. The molecule has 0 nitrogen and oxygen atoms in total. The maximum Gasteiger partial charge on any atom is 0.460 e. The molecule has 0 aliphatic carbocycles. The number of hydrogen-bond acceptors (Lipinski definition) is 0. The lowest BCUT2D eigenvalue weighted by Crippen LogP contribution is -2.67. The third-order valence-corrected chi connectivity index (χ3v) is 3.96. The first-order valence-corrected chi connectivity index (χ1v) is 7.36. The number of alkyl halides is 22. The van der Waals surface area contributed by atoms with E-state index in [4.69, 9.17) is 0 Å². The van der Waals surface area contributed by atoms with Gasteiger partial charge in [-0.05, 0) is 0 Å². The van der Waals surface area contributed by atoms with E-state index in [-0.39, 0.29) is 0 Å². The summed E-state index contributed by atoms with van der Waals surface area (Å²) < 4.78 is 278. The third kappa shape index (κ3) is 4.41. The van der Waals surface area contributed by atoms with Crippen LogP contribution in [0.2, 0.25) is 0 Å². The summed E-state index contributed by atoms with van der Waals surface area (Å²) in [6, 6.07) is 0. The van der Waals surface area contributed by atoms with Gasteiger partial charge in [0.15, 0.2) is 0 Å². The summed E-state index contributed by atoms with van der Waals surface area (Å²) in [6.45, 7) is 0. The van der Waals surface area contributed by atoms with Crippen molar-refractivity contribution in [3.63, 3.8) is 0 Å². The molecule has 0 aromatic rings. The zero-order valence-electron chi connectivity index (χ0n) is 14.7. The first kappa shape index (κ1) is 32.5. The predicted molar refractivity (Wildman–Crippen MR) is 60.9 cm³/mol. The minimum atomic E-state index is -8.22. The second-order valence-electron chi connectivity index (χ2n) is 6.35. The molecule has 34 heavy (non-hydrogen) atoms. The standard InChI is InChI=1S/C12H4F22/c13-3(14,5(17,18)7(21,22)9(25,26)11(29,30)31)1-2-4(15,16)6(19,20)8(23,24)10(27,28)12(32,33)34/h1-2H2. The number of rotatable bonds is 9. The first-order valence-electron chi connectivity index (χ1n) is 7.36. The maximum absolute atomic E-state index is 13.2. The van der Waals surface area contributed by atoms with E-state index in [0.717, 1.165) is 0 Å². The van der Waals surface area contributed by atoms with E-state index in [9.17, 15) is 96.6 Å². The molecular formula is C12H4F22. The average Bonchev–Trinajstić information content (AvgIpc) is 2.57. The van der Waals surface area contributed by atoms with E-state index in [1.54, 1.807) is 0 Å². The molecule has 0 aromatic carbocycles.